The van der Waals surface area contributed by atoms with Crippen LogP contribution in [-0.2, 0) is 4.79 Å². The summed E-state index contributed by atoms with van der Waals surface area (Å²) in [5, 5.41) is 3.29. The zero-order valence-electron chi connectivity index (χ0n) is 14.1. The Bertz CT molecular complexity index is 959. The summed E-state index contributed by atoms with van der Waals surface area (Å²) in [4.78, 5) is 16.4. The molecule has 0 bridgehead atoms. The number of thioether (sulfide) groups is 1. The van der Waals surface area contributed by atoms with Crippen LogP contribution in [0.1, 0.15) is 0 Å². The number of rotatable bonds is 5. The second-order valence-corrected chi connectivity index (χ2v) is 7.53. The van der Waals surface area contributed by atoms with Crippen molar-refractivity contribution >= 4 is 39.3 Å². The molecule has 1 aromatic heterocycles. The van der Waals surface area contributed by atoms with Crippen molar-refractivity contribution in [2.75, 3.05) is 24.3 Å². The third-order valence-electron chi connectivity index (χ3n) is 3.77. The average molecular weight is 447 g/mol. The highest BCUT2D eigenvalue weighted by atomic mass is 79.9. The largest absolute Gasteiger partial charge is 0.486 e. The number of amides is 1. The lowest BCUT2D eigenvalue weighted by atomic mass is 10.2. The summed E-state index contributed by atoms with van der Waals surface area (Å²) in [5.41, 5.74) is 1.59. The first kappa shape index (κ1) is 17.9. The topological polar surface area (TPSA) is 73.6 Å². The van der Waals surface area contributed by atoms with Crippen LogP contribution in [0, 0.1) is 0 Å². The summed E-state index contributed by atoms with van der Waals surface area (Å²) >= 11 is 4.64. The normalized spacial score (nSPS) is 12.6. The van der Waals surface area contributed by atoms with E-state index in [1.54, 1.807) is 24.4 Å². The zero-order valence-corrected chi connectivity index (χ0v) is 16.5. The molecule has 3 aromatic rings. The van der Waals surface area contributed by atoms with Crippen LogP contribution < -0.4 is 14.8 Å². The van der Waals surface area contributed by atoms with Crippen molar-refractivity contribution in [3.8, 4) is 22.8 Å². The predicted octanol–water partition coefficient (Wildman–Crippen LogP) is 4.61. The molecule has 0 aliphatic carbocycles. The Labute approximate surface area is 168 Å². The van der Waals surface area contributed by atoms with Gasteiger partial charge in [0.2, 0.25) is 5.91 Å². The molecule has 1 N–H and O–H groups in total. The first-order valence-corrected chi connectivity index (χ1v) is 9.99. The van der Waals surface area contributed by atoms with Crippen molar-refractivity contribution in [3.63, 3.8) is 0 Å². The van der Waals surface area contributed by atoms with Crippen LogP contribution in [0.2, 0.25) is 0 Å². The number of nitrogens with one attached hydrogen (secondary N) is 1. The summed E-state index contributed by atoms with van der Waals surface area (Å²) in [6.07, 6.45) is 1.66. The van der Waals surface area contributed by atoms with Gasteiger partial charge in [-0.25, -0.2) is 4.98 Å². The zero-order chi connectivity index (χ0) is 18.6. The van der Waals surface area contributed by atoms with Crippen molar-refractivity contribution in [1.29, 1.82) is 0 Å². The van der Waals surface area contributed by atoms with Gasteiger partial charge in [-0.1, -0.05) is 39.8 Å². The van der Waals surface area contributed by atoms with E-state index in [9.17, 15) is 4.79 Å². The van der Waals surface area contributed by atoms with E-state index < -0.39 is 0 Å². The van der Waals surface area contributed by atoms with Crippen molar-refractivity contribution < 1.29 is 18.7 Å². The molecule has 0 atom stereocenters. The van der Waals surface area contributed by atoms with Gasteiger partial charge in [0.1, 0.15) is 13.2 Å². The molecule has 27 heavy (non-hydrogen) atoms. The number of hydrogen-bond donors (Lipinski definition) is 1. The second-order valence-electron chi connectivity index (χ2n) is 5.69. The minimum atomic E-state index is -0.153. The van der Waals surface area contributed by atoms with Crippen molar-refractivity contribution in [2.45, 2.75) is 5.22 Å². The van der Waals surface area contributed by atoms with Crippen molar-refractivity contribution in [2.24, 2.45) is 0 Å². The smallest absolute Gasteiger partial charge is 0.256 e. The minimum absolute atomic E-state index is 0.153. The maximum Gasteiger partial charge on any atom is 0.256 e. The summed E-state index contributed by atoms with van der Waals surface area (Å²) in [6.45, 7) is 1.04. The molecule has 1 aliphatic heterocycles. The summed E-state index contributed by atoms with van der Waals surface area (Å²) < 4.78 is 17.7. The van der Waals surface area contributed by atoms with Gasteiger partial charge in [0.05, 0.1) is 11.9 Å². The highest BCUT2D eigenvalue weighted by molar-refractivity contribution is 9.10. The van der Waals surface area contributed by atoms with E-state index in [1.165, 1.54) is 11.8 Å². The summed E-state index contributed by atoms with van der Waals surface area (Å²) in [6, 6.07) is 13.1. The van der Waals surface area contributed by atoms with Gasteiger partial charge < -0.3 is 19.2 Å². The first-order valence-electron chi connectivity index (χ1n) is 8.21. The van der Waals surface area contributed by atoms with Gasteiger partial charge in [0.15, 0.2) is 17.3 Å². The van der Waals surface area contributed by atoms with Crippen molar-refractivity contribution in [1.82, 2.24) is 4.98 Å². The molecule has 4 rings (SSSR count). The number of carbonyl (C=O) groups is 1. The van der Waals surface area contributed by atoms with Gasteiger partial charge in [-0.3, -0.25) is 4.79 Å². The number of halogens is 1. The van der Waals surface area contributed by atoms with E-state index in [4.69, 9.17) is 13.9 Å². The van der Waals surface area contributed by atoms with E-state index in [0.29, 0.717) is 41.4 Å². The lowest BCUT2D eigenvalue weighted by Crippen LogP contribution is -2.17. The number of hydrogen-bond acceptors (Lipinski definition) is 6. The molecule has 0 radical (unpaired) electrons. The molecule has 0 unspecified atom stereocenters. The maximum atomic E-state index is 12.2. The fourth-order valence-corrected chi connectivity index (χ4v) is 3.38. The van der Waals surface area contributed by atoms with E-state index >= 15 is 0 Å². The summed E-state index contributed by atoms with van der Waals surface area (Å²) in [5.74, 6) is 2.03. The molecule has 1 amide bonds. The number of fused-ring (bicyclic) bond motifs is 1. The lowest BCUT2D eigenvalue weighted by molar-refractivity contribution is -0.113. The molecule has 1 aliphatic rings. The molecule has 0 spiro atoms. The molecule has 8 heteroatoms. The monoisotopic (exact) mass is 446 g/mol. The van der Waals surface area contributed by atoms with Crippen LogP contribution in [0.5, 0.6) is 11.5 Å². The number of nitrogens with zero attached hydrogens (tertiary/aromatic N) is 1. The van der Waals surface area contributed by atoms with E-state index in [1.807, 2.05) is 24.3 Å². The fraction of sp³-hybridized carbons (Fsp3) is 0.158. The molecule has 2 heterocycles. The highest BCUT2D eigenvalue weighted by Gasteiger charge is 2.14. The average Bonchev–Trinajstić information content (AvgIpc) is 3.16. The van der Waals surface area contributed by atoms with Gasteiger partial charge >= 0.3 is 0 Å². The summed E-state index contributed by atoms with van der Waals surface area (Å²) in [7, 11) is 0. The number of aromatic nitrogens is 1. The van der Waals surface area contributed by atoms with Crippen LogP contribution in [0.15, 0.2) is 62.8 Å². The number of anilines is 1. The molecule has 6 nitrogen and oxygen atoms in total. The number of oxazole rings is 1. The van der Waals surface area contributed by atoms with Crippen LogP contribution in [0.3, 0.4) is 0 Å². The molecular weight excluding hydrogens is 432 g/mol. The van der Waals surface area contributed by atoms with Crippen LogP contribution in [-0.4, -0.2) is 29.9 Å². The van der Waals surface area contributed by atoms with Gasteiger partial charge in [0.25, 0.3) is 5.22 Å². The van der Waals surface area contributed by atoms with Crippen LogP contribution in [0.4, 0.5) is 5.69 Å². The molecular formula is C19H15BrN2O4S. The Kier molecular flexibility index (Phi) is 5.35. The van der Waals surface area contributed by atoms with E-state index in [-0.39, 0.29) is 11.7 Å². The third-order valence-corrected chi connectivity index (χ3v) is 5.14. The number of ether oxygens (including phenoxy) is 2. The van der Waals surface area contributed by atoms with Crippen molar-refractivity contribution in [3.05, 3.63) is 53.1 Å². The fourth-order valence-electron chi connectivity index (χ4n) is 2.52. The Hall–Kier alpha value is -2.45. The van der Waals surface area contributed by atoms with Gasteiger partial charge in [-0.2, -0.15) is 0 Å². The Morgan fingerprint density at radius 1 is 1.11 bits per heavy atom. The SMILES string of the molecule is O=C(CSc1ncc(-c2ccc(Br)cc2)o1)Nc1ccc2c(c1)OCCO2. The number of benzene rings is 2. The maximum absolute atomic E-state index is 12.2. The van der Waals surface area contributed by atoms with Crippen LogP contribution in [0.25, 0.3) is 11.3 Å². The van der Waals surface area contributed by atoms with Gasteiger partial charge in [0, 0.05) is 21.8 Å². The van der Waals surface area contributed by atoms with E-state index in [0.717, 1.165) is 10.0 Å². The molecule has 0 saturated carbocycles. The minimum Gasteiger partial charge on any atom is -0.486 e. The highest BCUT2D eigenvalue weighted by Crippen LogP contribution is 2.33. The molecule has 0 saturated heterocycles. The predicted molar refractivity (Wildman–Crippen MR) is 106 cm³/mol. The van der Waals surface area contributed by atoms with Crippen LogP contribution >= 0.6 is 27.7 Å². The molecule has 0 fully saturated rings. The van der Waals surface area contributed by atoms with Gasteiger partial charge in [-0.05, 0) is 24.3 Å². The Morgan fingerprint density at radius 3 is 2.70 bits per heavy atom. The second kappa shape index (κ2) is 8.06. The standard InChI is InChI=1S/C19H15BrN2O4S/c20-13-3-1-12(2-4-13)17-10-21-19(26-17)27-11-18(23)22-14-5-6-15-16(9-14)25-8-7-24-15/h1-6,9-10H,7-8,11H2,(H,22,23). The molecule has 138 valence electrons. The molecule has 2 aromatic carbocycles. The van der Waals surface area contributed by atoms with Gasteiger partial charge in [-0.15, -0.1) is 0 Å². The third kappa shape index (κ3) is 4.45. The Morgan fingerprint density at radius 2 is 1.89 bits per heavy atom. The quantitative estimate of drug-likeness (QED) is 0.576. The number of carbonyl (C=O) groups excluding carboxylic acids is 1. The lowest BCUT2D eigenvalue weighted by Gasteiger charge is -2.18. The Balaban J connectivity index is 1.34. The first-order chi connectivity index (χ1) is 13.2. The van der Waals surface area contributed by atoms with E-state index in [2.05, 4.69) is 26.2 Å².